The molecule has 2 atom stereocenters. The third-order valence-electron chi connectivity index (χ3n) is 2.37. The van der Waals surface area contributed by atoms with Crippen LogP contribution in [0.3, 0.4) is 0 Å². The van der Waals surface area contributed by atoms with Crippen molar-refractivity contribution in [1.29, 1.82) is 0 Å². The van der Waals surface area contributed by atoms with Gasteiger partial charge in [0.15, 0.2) is 0 Å². The van der Waals surface area contributed by atoms with Crippen LogP contribution in [-0.4, -0.2) is 35.8 Å². The molecule has 1 fully saturated rings. The predicted molar refractivity (Wildman–Crippen MR) is 56.5 cm³/mol. The average Bonchev–Trinajstić information content (AvgIpc) is 2.83. The van der Waals surface area contributed by atoms with E-state index < -0.39 is 28.1 Å². The van der Waals surface area contributed by atoms with Crippen LogP contribution < -0.4 is 0 Å². The second-order valence-corrected chi connectivity index (χ2v) is 5.10. The molecule has 0 unspecified atom stereocenters. The lowest BCUT2D eigenvalue weighted by atomic mass is 10.3. The summed E-state index contributed by atoms with van der Waals surface area (Å²) in [5, 5.41) is 0.500. The maximum absolute atomic E-state index is 11.3. The zero-order valence-electron chi connectivity index (χ0n) is 7.75. The second kappa shape index (κ2) is 4.18. The molecule has 4 nitrogen and oxygen atoms in total. The first-order chi connectivity index (χ1) is 6.52. The van der Waals surface area contributed by atoms with Gasteiger partial charge in [-0.2, -0.15) is 0 Å². The van der Waals surface area contributed by atoms with Gasteiger partial charge >= 0.3 is 11.9 Å². The molecular weight excluding hydrogens is 320 g/mol. The van der Waals surface area contributed by atoms with E-state index in [4.69, 9.17) is 0 Å². The normalized spacial score (nSPS) is 34.9. The molecule has 1 aliphatic rings. The minimum atomic E-state index is -0.548. The molecule has 1 saturated carbocycles. The van der Waals surface area contributed by atoms with Crippen molar-refractivity contribution in [1.82, 2.24) is 0 Å². The number of hydrogen-bond acceptors (Lipinski definition) is 4. The standard InChI is InChI=1S/C8H10Br2O4/c1-13-6(11)4-5(7(12)14-2)8(4,10)3-9/h4-5H,3H2,1-2H3/t4-,5-/m1/s1. The first kappa shape index (κ1) is 12.0. The summed E-state index contributed by atoms with van der Waals surface area (Å²) in [4.78, 5) is 22.6. The van der Waals surface area contributed by atoms with Crippen LogP contribution in [0.1, 0.15) is 0 Å². The Morgan fingerprint density at radius 1 is 1.21 bits per heavy atom. The smallest absolute Gasteiger partial charge is 0.311 e. The Hall–Kier alpha value is -0.100. The number of hydrogen-bond donors (Lipinski definition) is 0. The molecule has 0 aromatic carbocycles. The molecule has 80 valence electrons. The lowest BCUT2D eigenvalue weighted by molar-refractivity contribution is -0.148. The fourth-order valence-electron chi connectivity index (χ4n) is 1.49. The number of ether oxygens (including phenoxy) is 2. The molecule has 0 aromatic rings. The van der Waals surface area contributed by atoms with Gasteiger partial charge in [-0.1, -0.05) is 31.9 Å². The van der Waals surface area contributed by atoms with Crippen LogP contribution in [0.5, 0.6) is 0 Å². The van der Waals surface area contributed by atoms with Gasteiger partial charge in [-0.25, -0.2) is 0 Å². The van der Waals surface area contributed by atoms with Gasteiger partial charge in [0.2, 0.25) is 0 Å². The molecular formula is C8H10Br2O4. The van der Waals surface area contributed by atoms with E-state index in [1.807, 2.05) is 0 Å². The van der Waals surface area contributed by atoms with E-state index in [9.17, 15) is 9.59 Å². The number of carbonyl (C=O) groups is 2. The number of esters is 2. The number of halogens is 2. The Kier molecular flexibility index (Phi) is 3.58. The summed E-state index contributed by atoms with van der Waals surface area (Å²) in [5.41, 5.74) is 0. The highest BCUT2D eigenvalue weighted by Gasteiger charge is 2.71. The first-order valence-electron chi connectivity index (χ1n) is 3.93. The molecule has 0 amide bonds. The molecule has 1 rings (SSSR count). The second-order valence-electron chi connectivity index (χ2n) is 3.06. The SMILES string of the molecule is COC(=O)[C@H]1[C@H](C(=O)OC)C1(Br)CBr. The topological polar surface area (TPSA) is 52.6 Å². The Morgan fingerprint density at radius 3 is 1.79 bits per heavy atom. The predicted octanol–water partition coefficient (Wildman–Crippen LogP) is 1.11. The van der Waals surface area contributed by atoms with Crippen molar-refractivity contribution in [3.8, 4) is 0 Å². The Bertz CT molecular complexity index is 244. The van der Waals surface area contributed by atoms with Crippen LogP contribution >= 0.6 is 31.9 Å². The molecule has 0 heterocycles. The Morgan fingerprint density at radius 2 is 1.57 bits per heavy atom. The summed E-state index contributed by atoms with van der Waals surface area (Å²) in [6, 6.07) is 0. The van der Waals surface area contributed by atoms with Gasteiger partial charge < -0.3 is 9.47 Å². The van der Waals surface area contributed by atoms with Crippen molar-refractivity contribution in [2.45, 2.75) is 4.32 Å². The summed E-state index contributed by atoms with van der Waals surface area (Å²) in [6.45, 7) is 0. The summed E-state index contributed by atoms with van der Waals surface area (Å²) in [6.07, 6.45) is 0. The molecule has 14 heavy (non-hydrogen) atoms. The van der Waals surface area contributed by atoms with Crippen molar-refractivity contribution < 1.29 is 19.1 Å². The van der Waals surface area contributed by atoms with E-state index in [0.717, 1.165) is 0 Å². The Balaban J connectivity index is 2.79. The third-order valence-corrected chi connectivity index (χ3v) is 5.32. The molecule has 1 aliphatic carbocycles. The number of alkyl halides is 2. The quantitative estimate of drug-likeness (QED) is 0.575. The van der Waals surface area contributed by atoms with Gasteiger partial charge in [-0.05, 0) is 0 Å². The summed E-state index contributed by atoms with van der Waals surface area (Å²) >= 11 is 6.60. The van der Waals surface area contributed by atoms with Crippen molar-refractivity contribution >= 4 is 43.8 Å². The maximum Gasteiger partial charge on any atom is 0.311 e. The van der Waals surface area contributed by atoms with Crippen molar-refractivity contribution in [2.75, 3.05) is 19.5 Å². The minimum absolute atomic E-state index is 0.392. The molecule has 0 spiro atoms. The fraction of sp³-hybridized carbons (Fsp3) is 0.750. The van der Waals surface area contributed by atoms with E-state index in [2.05, 4.69) is 41.3 Å². The minimum Gasteiger partial charge on any atom is -0.469 e. The van der Waals surface area contributed by atoms with E-state index in [1.165, 1.54) is 14.2 Å². The molecule has 0 aromatic heterocycles. The van der Waals surface area contributed by atoms with Crippen LogP contribution in [0.2, 0.25) is 0 Å². The number of carbonyl (C=O) groups excluding carboxylic acids is 2. The lowest BCUT2D eigenvalue weighted by Gasteiger charge is -2.02. The Labute approximate surface area is 98.6 Å². The molecule has 0 saturated heterocycles. The highest BCUT2D eigenvalue weighted by molar-refractivity contribution is 9.12. The monoisotopic (exact) mass is 328 g/mol. The van der Waals surface area contributed by atoms with Crippen molar-refractivity contribution in [2.24, 2.45) is 11.8 Å². The van der Waals surface area contributed by atoms with Crippen molar-refractivity contribution in [3.05, 3.63) is 0 Å². The maximum atomic E-state index is 11.3. The zero-order valence-corrected chi connectivity index (χ0v) is 10.9. The molecule has 0 radical (unpaired) electrons. The molecule has 0 aliphatic heterocycles. The van der Waals surface area contributed by atoms with Crippen LogP contribution in [0.4, 0.5) is 0 Å². The van der Waals surface area contributed by atoms with Gasteiger partial charge in [-0.15, -0.1) is 0 Å². The lowest BCUT2D eigenvalue weighted by Crippen LogP contribution is -2.13. The van der Waals surface area contributed by atoms with E-state index in [-0.39, 0.29) is 0 Å². The highest BCUT2D eigenvalue weighted by atomic mass is 79.9. The van der Waals surface area contributed by atoms with Gasteiger partial charge in [-0.3, -0.25) is 9.59 Å². The van der Waals surface area contributed by atoms with E-state index in [0.29, 0.717) is 5.33 Å². The van der Waals surface area contributed by atoms with Crippen LogP contribution in [-0.2, 0) is 19.1 Å². The first-order valence-corrected chi connectivity index (χ1v) is 5.85. The van der Waals surface area contributed by atoms with Crippen LogP contribution in [0.25, 0.3) is 0 Å². The summed E-state index contributed by atoms with van der Waals surface area (Å²) in [5.74, 6) is -1.70. The average molecular weight is 330 g/mol. The van der Waals surface area contributed by atoms with E-state index >= 15 is 0 Å². The summed E-state index contributed by atoms with van der Waals surface area (Å²) in [7, 11) is 2.60. The van der Waals surface area contributed by atoms with Crippen LogP contribution in [0.15, 0.2) is 0 Å². The highest BCUT2D eigenvalue weighted by Crippen LogP contribution is 2.59. The molecule has 0 N–H and O–H groups in total. The zero-order chi connectivity index (χ0) is 10.9. The van der Waals surface area contributed by atoms with E-state index in [1.54, 1.807) is 0 Å². The van der Waals surface area contributed by atoms with Crippen molar-refractivity contribution in [3.63, 3.8) is 0 Å². The molecule has 6 heteroatoms. The van der Waals surface area contributed by atoms with Gasteiger partial charge in [0.1, 0.15) is 0 Å². The fourth-order valence-corrected chi connectivity index (χ4v) is 2.96. The van der Waals surface area contributed by atoms with Gasteiger partial charge in [0.25, 0.3) is 0 Å². The number of rotatable bonds is 3. The number of methoxy groups -OCH3 is 2. The van der Waals surface area contributed by atoms with Gasteiger partial charge in [0, 0.05) is 5.33 Å². The third kappa shape index (κ3) is 1.69. The molecule has 0 bridgehead atoms. The largest absolute Gasteiger partial charge is 0.469 e. The van der Waals surface area contributed by atoms with Crippen LogP contribution in [0, 0.1) is 11.8 Å². The van der Waals surface area contributed by atoms with Gasteiger partial charge in [0.05, 0.1) is 30.4 Å². The summed E-state index contributed by atoms with van der Waals surface area (Å²) < 4.78 is 8.65.